The van der Waals surface area contributed by atoms with Crippen LogP contribution in [0.15, 0.2) is 42.6 Å². The van der Waals surface area contributed by atoms with Crippen LogP contribution in [-0.2, 0) is 11.2 Å². The summed E-state index contributed by atoms with van der Waals surface area (Å²) in [6.45, 7) is 5.01. The summed E-state index contributed by atoms with van der Waals surface area (Å²) in [5.41, 5.74) is 1.82. The predicted octanol–water partition coefficient (Wildman–Crippen LogP) is 4.67. The Balaban J connectivity index is 1.94. The summed E-state index contributed by atoms with van der Waals surface area (Å²) in [7, 11) is 0. The number of benzene rings is 1. The topological polar surface area (TPSA) is 68.3 Å². The number of halogens is 3. The van der Waals surface area contributed by atoms with Crippen LogP contribution in [0.5, 0.6) is 5.75 Å². The monoisotopic (exact) mass is 422 g/mol. The Bertz CT molecular complexity index is 865. The van der Waals surface area contributed by atoms with Gasteiger partial charge in [-0.15, -0.1) is 0 Å². The molecule has 0 saturated heterocycles. The average molecular weight is 422 g/mol. The van der Waals surface area contributed by atoms with Crippen LogP contribution in [0, 0.1) is 5.92 Å². The fourth-order valence-electron chi connectivity index (χ4n) is 2.60. The zero-order valence-electron chi connectivity index (χ0n) is 17.1. The van der Waals surface area contributed by atoms with Gasteiger partial charge in [-0.1, -0.05) is 13.8 Å². The van der Waals surface area contributed by atoms with Gasteiger partial charge >= 0.3 is 6.18 Å². The van der Waals surface area contributed by atoms with E-state index in [2.05, 4.69) is 10.3 Å². The fraction of sp³-hybridized carbons (Fsp3) is 0.409. The smallest absolute Gasteiger partial charge is 0.392 e. The van der Waals surface area contributed by atoms with Gasteiger partial charge in [-0.05, 0) is 48.9 Å². The Morgan fingerprint density at radius 2 is 1.77 bits per heavy atom. The minimum absolute atomic E-state index is 0.0759. The number of alkyl halides is 3. The summed E-state index contributed by atoms with van der Waals surface area (Å²) in [6.07, 6.45) is -3.47. The van der Waals surface area contributed by atoms with Gasteiger partial charge in [0, 0.05) is 29.8 Å². The minimum atomic E-state index is -4.27. The molecule has 30 heavy (non-hydrogen) atoms. The second-order valence-electron chi connectivity index (χ2n) is 7.31. The molecule has 1 aromatic heterocycles. The van der Waals surface area contributed by atoms with Gasteiger partial charge in [0.2, 0.25) is 0 Å². The standard InChI is InChI=1S/C22H25F3N2O3/c1-14(2)20(28)13-18-12-17(8-10-26-18)15(3)27-21(29)16-4-6-19(7-5-16)30-11-9-22(23,24)25/h4-8,10,12,14-15H,9,11,13H2,1-3H3,(H,27,29). The first kappa shape index (κ1) is 23.4. The van der Waals surface area contributed by atoms with Crippen LogP contribution in [0.1, 0.15) is 54.8 Å². The number of nitrogens with one attached hydrogen (secondary N) is 1. The lowest BCUT2D eigenvalue weighted by Gasteiger charge is -2.15. The largest absolute Gasteiger partial charge is 0.493 e. The first-order valence-electron chi connectivity index (χ1n) is 9.63. The molecule has 0 saturated carbocycles. The molecular formula is C22H25F3N2O3. The van der Waals surface area contributed by atoms with Gasteiger partial charge in [0.05, 0.1) is 19.1 Å². The molecule has 0 bridgehead atoms. The van der Waals surface area contributed by atoms with Crippen molar-refractivity contribution in [1.82, 2.24) is 10.3 Å². The molecule has 8 heteroatoms. The van der Waals surface area contributed by atoms with Gasteiger partial charge in [0.15, 0.2) is 0 Å². The number of hydrogen-bond donors (Lipinski definition) is 1. The van der Waals surface area contributed by atoms with Crippen LogP contribution < -0.4 is 10.1 Å². The van der Waals surface area contributed by atoms with E-state index in [4.69, 9.17) is 4.74 Å². The molecule has 162 valence electrons. The molecule has 1 heterocycles. The van der Waals surface area contributed by atoms with Gasteiger partial charge in [0.25, 0.3) is 5.91 Å². The summed E-state index contributed by atoms with van der Waals surface area (Å²) in [5.74, 6) is -0.0553. The van der Waals surface area contributed by atoms with Gasteiger partial charge in [-0.3, -0.25) is 14.6 Å². The number of pyridine rings is 1. The Kier molecular flexibility index (Phi) is 7.97. The van der Waals surface area contributed by atoms with Crippen molar-refractivity contribution < 1.29 is 27.5 Å². The fourth-order valence-corrected chi connectivity index (χ4v) is 2.60. The first-order valence-corrected chi connectivity index (χ1v) is 9.63. The summed E-state index contributed by atoms with van der Waals surface area (Å²) in [4.78, 5) is 28.6. The third-order valence-electron chi connectivity index (χ3n) is 4.46. The molecule has 1 amide bonds. The van der Waals surface area contributed by atoms with Crippen LogP contribution in [0.25, 0.3) is 0 Å². The Morgan fingerprint density at radius 1 is 1.10 bits per heavy atom. The number of rotatable bonds is 9. The molecule has 1 aromatic carbocycles. The lowest BCUT2D eigenvalue weighted by molar-refractivity contribution is -0.139. The van der Waals surface area contributed by atoms with Crippen LogP contribution in [0.4, 0.5) is 13.2 Å². The normalized spacial score (nSPS) is 12.5. The number of aromatic nitrogens is 1. The quantitative estimate of drug-likeness (QED) is 0.638. The molecule has 1 N–H and O–H groups in total. The molecule has 0 radical (unpaired) electrons. The summed E-state index contributed by atoms with van der Waals surface area (Å²) in [5, 5.41) is 2.86. The lowest BCUT2D eigenvalue weighted by Crippen LogP contribution is -2.26. The van der Waals surface area contributed by atoms with E-state index in [0.717, 1.165) is 5.56 Å². The Hall–Kier alpha value is -2.90. The number of amides is 1. The van der Waals surface area contributed by atoms with E-state index in [1.165, 1.54) is 24.3 Å². The SMILES string of the molecule is CC(C)C(=O)Cc1cc(C(C)NC(=O)c2ccc(OCCC(F)(F)F)cc2)ccn1. The number of Topliss-reactive ketones (excluding diaryl/α,β-unsaturated/α-hetero) is 1. The highest BCUT2D eigenvalue weighted by molar-refractivity contribution is 5.94. The van der Waals surface area contributed by atoms with Crippen molar-refractivity contribution in [1.29, 1.82) is 0 Å². The van der Waals surface area contributed by atoms with Gasteiger partial charge in [-0.25, -0.2) is 0 Å². The van der Waals surface area contributed by atoms with E-state index in [1.807, 2.05) is 20.8 Å². The van der Waals surface area contributed by atoms with Crippen molar-refractivity contribution in [3.63, 3.8) is 0 Å². The number of carbonyl (C=O) groups excluding carboxylic acids is 2. The molecule has 0 aliphatic heterocycles. The van der Waals surface area contributed by atoms with Crippen molar-refractivity contribution >= 4 is 11.7 Å². The number of nitrogens with zero attached hydrogens (tertiary/aromatic N) is 1. The highest BCUT2D eigenvalue weighted by atomic mass is 19.4. The van der Waals surface area contributed by atoms with Crippen molar-refractivity contribution in [2.24, 2.45) is 5.92 Å². The summed E-state index contributed by atoms with van der Waals surface area (Å²) in [6, 6.07) is 9.13. The summed E-state index contributed by atoms with van der Waals surface area (Å²) < 4.78 is 41.5. The molecular weight excluding hydrogens is 397 g/mol. The molecule has 0 aliphatic carbocycles. The zero-order chi connectivity index (χ0) is 22.3. The number of ketones is 1. The molecule has 1 atom stereocenters. The second-order valence-corrected chi connectivity index (χ2v) is 7.31. The summed E-state index contributed by atoms with van der Waals surface area (Å²) >= 11 is 0. The Morgan fingerprint density at radius 3 is 2.37 bits per heavy atom. The average Bonchev–Trinajstić information content (AvgIpc) is 2.67. The molecule has 0 fully saturated rings. The van der Waals surface area contributed by atoms with Gasteiger partial charge in [0.1, 0.15) is 11.5 Å². The molecule has 1 unspecified atom stereocenters. The lowest BCUT2D eigenvalue weighted by atomic mass is 10.0. The van der Waals surface area contributed by atoms with Crippen LogP contribution >= 0.6 is 0 Å². The molecule has 2 aromatic rings. The van der Waals surface area contributed by atoms with Gasteiger partial charge in [-0.2, -0.15) is 13.2 Å². The van der Waals surface area contributed by atoms with Crippen molar-refractivity contribution in [2.75, 3.05) is 6.61 Å². The zero-order valence-corrected chi connectivity index (χ0v) is 17.1. The minimum Gasteiger partial charge on any atom is -0.493 e. The number of ether oxygens (including phenoxy) is 1. The van der Waals surface area contributed by atoms with E-state index in [1.54, 1.807) is 18.3 Å². The number of hydrogen-bond acceptors (Lipinski definition) is 4. The van der Waals surface area contributed by atoms with E-state index in [-0.39, 0.29) is 35.8 Å². The van der Waals surface area contributed by atoms with Crippen LogP contribution in [-0.4, -0.2) is 29.5 Å². The van der Waals surface area contributed by atoms with Crippen molar-refractivity contribution in [2.45, 2.75) is 45.8 Å². The predicted molar refractivity (Wildman–Crippen MR) is 106 cm³/mol. The van der Waals surface area contributed by atoms with Crippen LogP contribution in [0.3, 0.4) is 0 Å². The maximum Gasteiger partial charge on any atom is 0.392 e. The van der Waals surface area contributed by atoms with Crippen molar-refractivity contribution in [3.8, 4) is 5.75 Å². The van der Waals surface area contributed by atoms with Crippen LogP contribution in [0.2, 0.25) is 0 Å². The third-order valence-corrected chi connectivity index (χ3v) is 4.46. The maximum absolute atomic E-state index is 12.5. The molecule has 0 aliphatic rings. The highest BCUT2D eigenvalue weighted by Crippen LogP contribution is 2.21. The van der Waals surface area contributed by atoms with E-state index >= 15 is 0 Å². The van der Waals surface area contributed by atoms with E-state index in [0.29, 0.717) is 11.3 Å². The van der Waals surface area contributed by atoms with E-state index in [9.17, 15) is 22.8 Å². The highest BCUT2D eigenvalue weighted by Gasteiger charge is 2.26. The molecule has 0 spiro atoms. The van der Waals surface area contributed by atoms with Gasteiger partial charge < -0.3 is 10.1 Å². The Labute approximate surface area is 173 Å². The maximum atomic E-state index is 12.5. The number of carbonyl (C=O) groups is 2. The molecule has 2 rings (SSSR count). The first-order chi connectivity index (χ1) is 14.0. The molecule has 5 nitrogen and oxygen atoms in total. The third kappa shape index (κ3) is 7.50. The van der Waals surface area contributed by atoms with E-state index < -0.39 is 19.2 Å². The van der Waals surface area contributed by atoms with Crippen molar-refractivity contribution in [3.05, 3.63) is 59.4 Å². The second kappa shape index (κ2) is 10.2.